The molecule has 11 heteroatoms. The monoisotopic (exact) mass is 610 g/mol. The van der Waals surface area contributed by atoms with Gasteiger partial charge in [-0.2, -0.15) is 15.2 Å². The van der Waals surface area contributed by atoms with Gasteiger partial charge in [0.2, 0.25) is 0 Å². The lowest BCUT2D eigenvalue weighted by atomic mass is 9.99. The van der Waals surface area contributed by atoms with E-state index >= 15 is 0 Å². The first kappa shape index (κ1) is 29.6. The fourth-order valence-corrected chi connectivity index (χ4v) is 7.44. The number of piperazine rings is 2. The highest BCUT2D eigenvalue weighted by Gasteiger charge is 2.49. The van der Waals surface area contributed by atoms with Crippen LogP contribution in [0.4, 0.5) is 16.3 Å². The van der Waals surface area contributed by atoms with Crippen molar-refractivity contribution in [1.29, 1.82) is 5.26 Å². The number of carbonyl (C=O) groups is 1. The van der Waals surface area contributed by atoms with Gasteiger partial charge in [-0.05, 0) is 50.2 Å². The zero-order valence-corrected chi connectivity index (χ0v) is 26.3. The predicted molar refractivity (Wildman–Crippen MR) is 173 cm³/mol. The van der Waals surface area contributed by atoms with Gasteiger partial charge in [0, 0.05) is 69.0 Å². The predicted octanol–water partition coefficient (Wildman–Crippen LogP) is 3.74. The topological polar surface area (TPSA) is 112 Å². The minimum Gasteiger partial charge on any atom is -0.465 e. The highest BCUT2D eigenvalue weighted by Crippen LogP contribution is 2.43. The van der Waals surface area contributed by atoms with Crippen molar-refractivity contribution in [1.82, 2.24) is 24.7 Å². The van der Waals surface area contributed by atoms with Crippen LogP contribution in [-0.4, -0.2) is 113 Å². The molecule has 4 heterocycles. The lowest BCUT2D eigenvalue weighted by Crippen LogP contribution is -2.55. The summed E-state index contributed by atoms with van der Waals surface area (Å²) in [6, 6.07) is 15.1. The van der Waals surface area contributed by atoms with E-state index < -0.39 is 12.1 Å². The highest BCUT2D eigenvalue weighted by atomic mass is 16.5. The molecule has 0 spiro atoms. The summed E-state index contributed by atoms with van der Waals surface area (Å²) in [5.41, 5.74) is 4.55. The normalized spacial score (nSPS) is 21.8. The van der Waals surface area contributed by atoms with Crippen molar-refractivity contribution in [3.63, 3.8) is 0 Å². The molecule has 2 aromatic carbocycles. The summed E-state index contributed by atoms with van der Waals surface area (Å²) in [4.78, 5) is 32.9. The second-order valence-corrected chi connectivity index (χ2v) is 13.1. The second kappa shape index (κ2) is 12.0. The van der Waals surface area contributed by atoms with Crippen LogP contribution in [-0.2, 0) is 13.0 Å². The summed E-state index contributed by atoms with van der Waals surface area (Å²) in [6.07, 6.45) is 2.16. The van der Waals surface area contributed by atoms with Gasteiger partial charge in [0.1, 0.15) is 12.4 Å². The molecule has 1 saturated carbocycles. The minimum atomic E-state index is -0.983. The number of likely N-dealkylation sites (N-methyl/N-ethyl adjacent to an activating group) is 1. The molecule has 3 fully saturated rings. The van der Waals surface area contributed by atoms with Crippen LogP contribution in [0.25, 0.3) is 10.8 Å². The van der Waals surface area contributed by atoms with Crippen LogP contribution in [0.15, 0.2) is 36.4 Å². The fraction of sp³-hybridized carbons (Fsp3) is 0.529. The summed E-state index contributed by atoms with van der Waals surface area (Å²) in [5, 5.41) is 21.7. The fourth-order valence-electron chi connectivity index (χ4n) is 7.44. The van der Waals surface area contributed by atoms with Crippen LogP contribution in [0.2, 0.25) is 0 Å². The van der Waals surface area contributed by atoms with Crippen molar-refractivity contribution in [2.24, 2.45) is 0 Å². The number of nitrogens with zero attached hydrogens (tertiary/aromatic N) is 8. The van der Waals surface area contributed by atoms with Crippen molar-refractivity contribution >= 4 is 28.4 Å². The number of aryl methyl sites for hydroxylation is 1. The summed E-state index contributed by atoms with van der Waals surface area (Å²) < 4.78 is 6.50. The molecule has 1 unspecified atom stereocenters. The van der Waals surface area contributed by atoms with E-state index in [0.717, 1.165) is 69.1 Å². The Hall–Kier alpha value is -4.14. The van der Waals surface area contributed by atoms with E-state index in [1.54, 1.807) is 0 Å². The lowest BCUT2D eigenvalue weighted by molar-refractivity contribution is 0.0650. The van der Waals surface area contributed by atoms with Crippen LogP contribution in [0.3, 0.4) is 0 Å². The van der Waals surface area contributed by atoms with Gasteiger partial charge in [0.15, 0.2) is 0 Å². The van der Waals surface area contributed by atoms with Gasteiger partial charge in [-0.3, -0.25) is 4.90 Å². The standard InChI is InChI=1S/C34H42N8O3/c1-24-5-3-6-25-7-4-8-29(30(24)25)39-14-10-27-28(22-39)36-32(45-23-34(11-12-34)41-18-15-38(2)16-19-41)37-31(27)40-17-20-42(33(43)44)26(21-40)9-13-35/h3-8,26H,9-12,14-23H2,1-2H3,(H,43,44). The molecule has 3 aromatic rings. The van der Waals surface area contributed by atoms with Crippen LogP contribution >= 0.6 is 0 Å². The Morgan fingerprint density at radius 3 is 2.56 bits per heavy atom. The van der Waals surface area contributed by atoms with Gasteiger partial charge in [-0.1, -0.05) is 30.3 Å². The summed E-state index contributed by atoms with van der Waals surface area (Å²) >= 11 is 0. The maximum absolute atomic E-state index is 11.9. The molecule has 1 amide bonds. The van der Waals surface area contributed by atoms with Crippen molar-refractivity contribution < 1.29 is 14.6 Å². The quantitative estimate of drug-likeness (QED) is 0.425. The molecule has 1 aliphatic carbocycles. The van der Waals surface area contributed by atoms with Crippen LogP contribution in [0.5, 0.6) is 6.01 Å². The Balaban J connectivity index is 1.20. The molecule has 11 nitrogen and oxygen atoms in total. The third kappa shape index (κ3) is 5.73. The van der Waals surface area contributed by atoms with Gasteiger partial charge in [0.05, 0.1) is 36.3 Å². The number of nitriles is 1. The number of rotatable bonds is 7. The average molecular weight is 611 g/mol. The van der Waals surface area contributed by atoms with Gasteiger partial charge in [0.25, 0.3) is 0 Å². The molecule has 7 rings (SSSR count). The molecule has 0 radical (unpaired) electrons. The van der Waals surface area contributed by atoms with Crippen LogP contribution < -0.4 is 14.5 Å². The molecule has 1 aromatic heterocycles. The lowest BCUT2D eigenvalue weighted by Gasteiger charge is -2.41. The highest BCUT2D eigenvalue weighted by molar-refractivity contribution is 5.97. The molecule has 1 atom stereocenters. The van der Waals surface area contributed by atoms with E-state index in [1.807, 2.05) is 0 Å². The van der Waals surface area contributed by atoms with E-state index in [1.165, 1.54) is 26.9 Å². The van der Waals surface area contributed by atoms with E-state index in [0.29, 0.717) is 38.8 Å². The largest absolute Gasteiger partial charge is 0.465 e. The smallest absolute Gasteiger partial charge is 0.407 e. The molecule has 0 bridgehead atoms. The molecule has 45 heavy (non-hydrogen) atoms. The van der Waals surface area contributed by atoms with E-state index in [9.17, 15) is 15.2 Å². The van der Waals surface area contributed by atoms with E-state index in [4.69, 9.17) is 14.7 Å². The van der Waals surface area contributed by atoms with Crippen molar-refractivity contribution in [3.05, 3.63) is 53.2 Å². The van der Waals surface area contributed by atoms with Crippen molar-refractivity contribution in [2.75, 3.05) is 75.8 Å². The molecule has 4 aliphatic rings. The Morgan fingerprint density at radius 2 is 1.82 bits per heavy atom. The number of hydrogen-bond donors (Lipinski definition) is 1. The zero-order chi connectivity index (χ0) is 31.1. The number of fused-ring (bicyclic) bond motifs is 2. The first-order valence-electron chi connectivity index (χ1n) is 16.2. The number of hydrogen-bond acceptors (Lipinski definition) is 9. The number of ether oxygens (including phenoxy) is 1. The Kier molecular flexibility index (Phi) is 7.88. The second-order valence-electron chi connectivity index (χ2n) is 13.1. The molecule has 1 N–H and O–H groups in total. The van der Waals surface area contributed by atoms with E-state index in [2.05, 4.69) is 76.0 Å². The van der Waals surface area contributed by atoms with Crippen molar-refractivity contribution in [2.45, 2.75) is 50.7 Å². The third-order valence-corrected chi connectivity index (χ3v) is 10.3. The molecular weight excluding hydrogens is 568 g/mol. The van der Waals surface area contributed by atoms with Gasteiger partial charge < -0.3 is 29.4 Å². The summed E-state index contributed by atoms with van der Waals surface area (Å²) in [6.45, 7) is 9.65. The van der Waals surface area contributed by atoms with Gasteiger partial charge in [-0.15, -0.1) is 0 Å². The van der Waals surface area contributed by atoms with Gasteiger partial charge in [-0.25, -0.2) is 4.79 Å². The number of anilines is 2. The third-order valence-electron chi connectivity index (χ3n) is 10.3. The summed E-state index contributed by atoms with van der Waals surface area (Å²) in [7, 11) is 2.18. The van der Waals surface area contributed by atoms with E-state index in [-0.39, 0.29) is 12.0 Å². The summed E-state index contributed by atoms with van der Waals surface area (Å²) in [5.74, 6) is 0.821. The van der Waals surface area contributed by atoms with Crippen LogP contribution in [0.1, 0.15) is 36.1 Å². The average Bonchev–Trinajstić information content (AvgIpc) is 3.84. The maximum atomic E-state index is 11.9. The molecule has 3 aliphatic heterocycles. The number of benzene rings is 2. The Bertz CT molecular complexity index is 1620. The number of aromatic nitrogens is 2. The zero-order valence-electron chi connectivity index (χ0n) is 26.3. The first-order valence-corrected chi connectivity index (χ1v) is 16.2. The Morgan fingerprint density at radius 1 is 1.04 bits per heavy atom. The molecule has 2 saturated heterocycles. The first-order chi connectivity index (χ1) is 21.8. The molecule has 236 valence electrons. The number of amides is 1. The van der Waals surface area contributed by atoms with Crippen molar-refractivity contribution in [3.8, 4) is 12.1 Å². The van der Waals surface area contributed by atoms with Gasteiger partial charge >= 0.3 is 12.1 Å². The van der Waals surface area contributed by atoms with Crippen LogP contribution in [0, 0.1) is 18.3 Å². The maximum Gasteiger partial charge on any atom is 0.407 e. The Labute approximate surface area is 264 Å². The number of carboxylic acid groups (broad SMARTS) is 1. The SMILES string of the molecule is Cc1cccc2cccc(N3CCc4c(nc(OCC5(N6CCN(C)CC6)CC5)nc4N4CCN(C(=O)O)C(CC#N)C4)C3)c12. The molecular formula is C34H42N8O3. The minimum absolute atomic E-state index is 0.0538.